The SMILES string of the molecule is Cc1cccc(-c2cccc3c2C2(CCCC2)c2ccccc2-3)c1. The summed E-state index contributed by atoms with van der Waals surface area (Å²) in [4.78, 5) is 0. The Morgan fingerprint density at radius 3 is 2.25 bits per heavy atom. The Morgan fingerprint density at radius 2 is 1.42 bits per heavy atom. The molecule has 0 unspecified atom stereocenters. The molecule has 0 nitrogen and oxygen atoms in total. The molecule has 0 aliphatic heterocycles. The molecule has 0 aromatic heterocycles. The Hall–Kier alpha value is -2.34. The fourth-order valence-corrected chi connectivity index (χ4v) is 5.11. The third-order valence-corrected chi connectivity index (χ3v) is 6.06. The van der Waals surface area contributed by atoms with Gasteiger partial charge in [-0.15, -0.1) is 0 Å². The number of hydrogen-bond donors (Lipinski definition) is 0. The second kappa shape index (κ2) is 5.08. The highest BCUT2D eigenvalue weighted by Crippen LogP contribution is 2.59. The quantitative estimate of drug-likeness (QED) is 0.481. The topological polar surface area (TPSA) is 0 Å². The smallest absolute Gasteiger partial charge is 0.0221 e. The molecule has 0 atom stereocenters. The third-order valence-electron chi connectivity index (χ3n) is 6.06. The van der Waals surface area contributed by atoms with Crippen molar-refractivity contribution in [3.05, 3.63) is 83.4 Å². The predicted molar refractivity (Wildman–Crippen MR) is 101 cm³/mol. The summed E-state index contributed by atoms with van der Waals surface area (Å²) >= 11 is 0. The first-order chi connectivity index (χ1) is 11.8. The zero-order chi connectivity index (χ0) is 16.1. The second-order valence-electron chi connectivity index (χ2n) is 7.43. The summed E-state index contributed by atoms with van der Waals surface area (Å²) in [5.41, 5.74) is 10.5. The van der Waals surface area contributed by atoms with Gasteiger partial charge >= 0.3 is 0 Å². The van der Waals surface area contributed by atoms with E-state index in [1.54, 1.807) is 11.1 Å². The number of aryl methyl sites for hydroxylation is 1. The van der Waals surface area contributed by atoms with Crippen LogP contribution in [0, 0.1) is 6.92 Å². The normalized spacial score (nSPS) is 17.0. The van der Waals surface area contributed by atoms with Crippen LogP contribution in [0.2, 0.25) is 0 Å². The van der Waals surface area contributed by atoms with E-state index in [4.69, 9.17) is 0 Å². The molecular weight excluding hydrogens is 288 g/mol. The highest BCUT2D eigenvalue weighted by Gasteiger charge is 2.46. The van der Waals surface area contributed by atoms with E-state index in [9.17, 15) is 0 Å². The highest BCUT2D eigenvalue weighted by molar-refractivity contribution is 5.88. The summed E-state index contributed by atoms with van der Waals surface area (Å²) < 4.78 is 0. The van der Waals surface area contributed by atoms with Crippen LogP contribution in [0.15, 0.2) is 66.7 Å². The number of hydrogen-bond acceptors (Lipinski definition) is 0. The molecule has 0 saturated heterocycles. The Kier molecular flexibility index (Phi) is 2.97. The standard InChI is InChI=1S/C24H22/c1-17-8-6-9-18(16-17)19-11-7-12-21-20-10-2-3-13-22(20)24(23(19)21)14-4-5-15-24/h2-3,6-13,16H,4-5,14-15H2,1H3. The van der Waals surface area contributed by atoms with Crippen LogP contribution in [0.5, 0.6) is 0 Å². The molecule has 5 rings (SSSR count). The van der Waals surface area contributed by atoms with E-state index >= 15 is 0 Å². The van der Waals surface area contributed by atoms with Crippen LogP contribution in [0.4, 0.5) is 0 Å². The Labute approximate surface area is 144 Å². The molecule has 1 fully saturated rings. The minimum absolute atomic E-state index is 0.242. The third kappa shape index (κ3) is 1.80. The lowest BCUT2D eigenvalue weighted by Gasteiger charge is -2.29. The molecule has 0 heteroatoms. The molecule has 3 aromatic carbocycles. The summed E-state index contributed by atoms with van der Waals surface area (Å²) in [7, 11) is 0. The van der Waals surface area contributed by atoms with Crippen LogP contribution in [-0.4, -0.2) is 0 Å². The Morgan fingerprint density at radius 1 is 0.708 bits per heavy atom. The van der Waals surface area contributed by atoms with Gasteiger partial charge in [0.2, 0.25) is 0 Å². The minimum atomic E-state index is 0.242. The molecular formula is C24H22. The molecule has 0 amide bonds. The maximum Gasteiger partial charge on any atom is 0.0221 e. The molecule has 1 saturated carbocycles. The first kappa shape index (κ1) is 14.0. The van der Waals surface area contributed by atoms with Gasteiger partial charge < -0.3 is 0 Å². The van der Waals surface area contributed by atoms with Crippen LogP contribution in [0.25, 0.3) is 22.3 Å². The molecule has 0 radical (unpaired) electrons. The molecule has 0 heterocycles. The average Bonchev–Trinajstić information content (AvgIpc) is 3.21. The first-order valence-electron chi connectivity index (χ1n) is 9.10. The number of rotatable bonds is 1. The maximum absolute atomic E-state index is 2.38. The van der Waals surface area contributed by atoms with E-state index < -0.39 is 0 Å². The first-order valence-corrected chi connectivity index (χ1v) is 9.10. The van der Waals surface area contributed by atoms with Crippen molar-refractivity contribution >= 4 is 0 Å². The van der Waals surface area contributed by atoms with Crippen LogP contribution >= 0.6 is 0 Å². The van der Waals surface area contributed by atoms with Gasteiger partial charge in [-0.25, -0.2) is 0 Å². The summed E-state index contributed by atoms with van der Waals surface area (Å²) in [5, 5.41) is 0. The zero-order valence-electron chi connectivity index (χ0n) is 14.2. The predicted octanol–water partition coefficient (Wildman–Crippen LogP) is 6.50. The van der Waals surface area contributed by atoms with E-state index in [1.807, 2.05) is 0 Å². The molecule has 118 valence electrons. The van der Waals surface area contributed by atoms with Crippen molar-refractivity contribution in [3.8, 4) is 22.3 Å². The van der Waals surface area contributed by atoms with Crippen molar-refractivity contribution in [2.45, 2.75) is 38.0 Å². The summed E-state index contributed by atoms with van der Waals surface area (Å²) in [5.74, 6) is 0. The van der Waals surface area contributed by atoms with Crippen LogP contribution < -0.4 is 0 Å². The molecule has 3 aromatic rings. The van der Waals surface area contributed by atoms with Crippen molar-refractivity contribution < 1.29 is 0 Å². The van der Waals surface area contributed by atoms with Gasteiger partial charge in [0.05, 0.1) is 0 Å². The van der Waals surface area contributed by atoms with Crippen molar-refractivity contribution in [1.82, 2.24) is 0 Å². The molecule has 2 aliphatic carbocycles. The molecule has 24 heavy (non-hydrogen) atoms. The highest BCUT2D eigenvalue weighted by atomic mass is 14.5. The van der Waals surface area contributed by atoms with Crippen molar-refractivity contribution in [1.29, 1.82) is 0 Å². The fourth-order valence-electron chi connectivity index (χ4n) is 5.11. The lowest BCUT2D eigenvalue weighted by molar-refractivity contribution is 0.551. The van der Waals surface area contributed by atoms with E-state index in [-0.39, 0.29) is 5.41 Å². The van der Waals surface area contributed by atoms with E-state index in [2.05, 4.69) is 73.7 Å². The van der Waals surface area contributed by atoms with Gasteiger partial charge in [0.15, 0.2) is 0 Å². The second-order valence-corrected chi connectivity index (χ2v) is 7.43. The van der Waals surface area contributed by atoms with Gasteiger partial charge in [-0.3, -0.25) is 0 Å². The van der Waals surface area contributed by atoms with E-state index in [1.165, 1.54) is 53.5 Å². The van der Waals surface area contributed by atoms with Crippen molar-refractivity contribution in [2.24, 2.45) is 0 Å². The van der Waals surface area contributed by atoms with Gasteiger partial charge in [0.1, 0.15) is 0 Å². The zero-order valence-corrected chi connectivity index (χ0v) is 14.2. The summed E-state index contributed by atoms with van der Waals surface area (Å²) in [6, 6.07) is 25.0. The van der Waals surface area contributed by atoms with Crippen LogP contribution in [-0.2, 0) is 5.41 Å². The minimum Gasteiger partial charge on any atom is -0.0619 e. The lowest BCUT2D eigenvalue weighted by atomic mass is 9.74. The van der Waals surface area contributed by atoms with Crippen molar-refractivity contribution in [3.63, 3.8) is 0 Å². The summed E-state index contributed by atoms with van der Waals surface area (Å²) in [6.45, 7) is 2.19. The number of fused-ring (bicyclic) bond motifs is 5. The van der Waals surface area contributed by atoms with Crippen LogP contribution in [0.1, 0.15) is 42.4 Å². The maximum atomic E-state index is 2.38. The fraction of sp³-hybridized carbons (Fsp3) is 0.250. The molecule has 1 spiro atoms. The molecule has 0 N–H and O–H groups in total. The Balaban J connectivity index is 1.84. The van der Waals surface area contributed by atoms with Gasteiger partial charge in [-0.2, -0.15) is 0 Å². The summed E-state index contributed by atoms with van der Waals surface area (Å²) in [6.07, 6.45) is 5.27. The molecule has 0 bridgehead atoms. The lowest BCUT2D eigenvalue weighted by Crippen LogP contribution is -2.21. The largest absolute Gasteiger partial charge is 0.0619 e. The average molecular weight is 310 g/mol. The van der Waals surface area contributed by atoms with E-state index in [0.29, 0.717) is 0 Å². The molecule has 2 aliphatic rings. The van der Waals surface area contributed by atoms with Gasteiger partial charge in [-0.1, -0.05) is 85.1 Å². The van der Waals surface area contributed by atoms with Crippen LogP contribution in [0.3, 0.4) is 0 Å². The van der Waals surface area contributed by atoms with Gasteiger partial charge in [-0.05, 0) is 53.1 Å². The van der Waals surface area contributed by atoms with Gasteiger partial charge in [0.25, 0.3) is 0 Å². The Bertz CT molecular complexity index is 926. The van der Waals surface area contributed by atoms with E-state index in [0.717, 1.165) is 0 Å². The van der Waals surface area contributed by atoms with Crippen molar-refractivity contribution in [2.75, 3.05) is 0 Å². The number of benzene rings is 3. The monoisotopic (exact) mass is 310 g/mol. The van der Waals surface area contributed by atoms with Gasteiger partial charge in [0, 0.05) is 5.41 Å².